The molecule has 0 fully saturated rings. The number of aromatic nitrogens is 3. The molecule has 1 aromatic carbocycles. The lowest BCUT2D eigenvalue weighted by molar-refractivity contribution is -0.121. The first-order valence-electron chi connectivity index (χ1n) is 9.09. The fraction of sp³-hybridized carbons (Fsp3) is 0.381. The van der Waals surface area contributed by atoms with Gasteiger partial charge in [0.15, 0.2) is 5.65 Å². The second-order valence-corrected chi connectivity index (χ2v) is 6.84. The summed E-state index contributed by atoms with van der Waals surface area (Å²) in [4.78, 5) is 16.8. The van der Waals surface area contributed by atoms with Crippen molar-refractivity contribution >= 4 is 11.6 Å². The van der Waals surface area contributed by atoms with Gasteiger partial charge in [-0.1, -0.05) is 24.3 Å². The number of hydrogen-bond donors (Lipinski definition) is 1. The highest BCUT2D eigenvalue weighted by Gasteiger charge is 2.12. The van der Waals surface area contributed by atoms with Crippen LogP contribution >= 0.6 is 0 Å². The topological polar surface area (TPSA) is 59.3 Å². The zero-order valence-corrected chi connectivity index (χ0v) is 16.0. The standard InChI is InChI=1S/C21H26N4O/c1-14-7-5-6-8-18(14)11-12-22-21(26)10-9-19-16(3)23-20-13-15(2)24-25(20)17(19)4/h5-8,13H,9-12H2,1-4H3,(H,22,26). The van der Waals surface area contributed by atoms with Crippen molar-refractivity contribution in [1.82, 2.24) is 19.9 Å². The number of aryl methyl sites for hydroxylation is 4. The Morgan fingerprint density at radius 3 is 2.65 bits per heavy atom. The Labute approximate surface area is 154 Å². The van der Waals surface area contributed by atoms with Gasteiger partial charge in [-0.05, 0) is 57.2 Å². The van der Waals surface area contributed by atoms with E-state index >= 15 is 0 Å². The van der Waals surface area contributed by atoms with Crippen LogP contribution in [0.4, 0.5) is 0 Å². The zero-order valence-electron chi connectivity index (χ0n) is 16.0. The summed E-state index contributed by atoms with van der Waals surface area (Å²) in [6.07, 6.45) is 2.00. The predicted molar refractivity (Wildman–Crippen MR) is 103 cm³/mol. The minimum atomic E-state index is 0.0779. The summed E-state index contributed by atoms with van der Waals surface area (Å²) in [5.74, 6) is 0.0779. The summed E-state index contributed by atoms with van der Waals surface area (Å²) in [6.45, 7) is 8.77. The van der Waals surface area contributed by atoms with E-state index in [0.29, 0.717) is 19.4 Å². The van der Waals surface area contributed by atoms with Crippen molar-refractivity contribution in [1.29, 1.82) is 0 Å². The highest BCUT2D eigenvalue weighted by molar-refractivity contribution is 5.76. The fourth-order valence-electron chi connectivity index (χ4n) is 3.36. The Balaban J connectivity index is 1.58. The largest absolute Gasteiger partial charge is 0.356 e. The number of nitrogens with one attached hydrogen (secondary N) is 1. The number of carbonyl (C=O) groups is 1. The van der Waals surface area contributed by atoms with E-state index < -0.39 is 0 Å². The SMILES string of the molecule is Cc1cc2nc(C)c(CCC(=O)NCCc3ccccc3C)c(C)n2n1. The van der Waals surface area contributed by atoms with Crippen LogP contribution < -0.4 is 5.32 Å². The maximum atomic E-state index is 12.2. The van der Waals surface area contributed by atoms with Crippen molar-refractivity contribution in [2.45, 2.75) is 47.0 Å². The quantitative estimate of drug-likeness (QED) is 0.742. The van der Waals surface area contributed by atoms with Crippen LogP contribution in [0.2, 0.25) is 0 Å². The van der Waals surface area contributed by atoms with E-state index in [9.17, 15) is 4.79 Å². The van der Waals surface area contributed by atoms with Gasteiger partial charge < -0.3 is 5.32 Å². The number of carbonyl (C=O) groups excluding carboxylic acids is 1. The van der Waals surface area contributed by atoms with Crippen molar-refractivity contribution in [3.8, 4) is 0 Å². The van der Waals surface area contributed by atoms with Gasteiger partial charge in [0, 0.05) is 30.4 Å². The Morgan fingerprint density at radius 2 is 1.88 bits per heavy atom. The van der Waals surface area contributed by atoms with Crippen LogP contribution in [0.1, 0.15) is 40.2 Å². The van der Waals surface area contributed by atoms with E-state index in [1.807, 2.05) is 43.5 Å². The van der Waals surface area contributed by atoms with E-state index in [0.717, 1.165) is 34.7 Å². The van der Waals surface area contributed by atoms with E-state index in [4.69, 9.17) is 0 Å². The average Bonchev–Trinajstić information content (AvgIpc) is 2.97. The predicted octanol–water partition coefficient (Wildman–Crippen LogP) is 3.25. The van der Waals surface area contributed by atoms with Crippen molar-refractivity contribution in [2.75, 3.05) is 6.54 Å². The molecule has 3 rings (SSSR count). The molecule has 5 nitrogen and oxygen atoms in total. The summed E-state index contributed by atoms with van der Waals surface area (Å²) in [6, 6.07) is 10.3. The molecule has 3 aromatic rings. The molecule has 136 valence electrons. The van der Waals surface area contributed by atoms with Gasteiger partial charge >= 0.3 is 0 Å². The first-order valence-corrected chi connectivity index (χ1v) is 9.09. The van der Waals surface area contributed by atoms with E-state index in [-0.39, 0.29) is 5.91 Å². The molecule has 1 amide bonds. The number of hydrogen-bond acceptors (Lipinski definition) is 3. The highest BCUT2D eigenvalue weighted by Crippen LogP contribution is 2.17. The van der Waals surface area contributed by atoms with Gasteiger partial charge in [0.2, 0.25) is 5.91 Å². The molecule has 0 saturated heterocycles. The third-order valence-corrected chi connectivity index (χ3v) is 4.87. The molecule has 0 bridgehead atoms. The summed E-state index contributed by atoms with van der Waals surface area (Å²) in [7, 11) is 0. The van der Waals surface area contributed by atoms with Gasteiger partial charge in [-0.2, -0.15) is 5.10 Å². The monoisotopic (exact) mass is 350 g/mol. The molecule has 0 spiro atoms. The second-order valence-electron chi connectivity index (χ2n) is 6.84. The molecule has 0 aliphatic carbocycles. The summed E-state index contributed by atoms with van der Waals surface area (Å²) >= 11 is 0. The van der Waals surface area contributed by atoms with Crippen molar-refractivity contribution < 1.29 is 4.79 Å². The lowest BCUT2D eigenvalue weighted by Gasteiger charge is -2.11. The number of fused-ring (bicyclic) bond motifs is 1. The molecule has 5 heteroatoms. The van der Waals surface area contributed by atoms with E-state index in [1.54, 1.807) is 0 Å². The smallest absolute Gasteiger partial charge is 0.220 e. The van der Waals surface area contributed by atoms with Crippen LogP contribution in [-0.2, 0) is 17.6 Å². The molecule has 0 unspecified atom stereocenters. The van der Waals surface area contributed by atoms with Crippen LogP contribution in [0.5, 0.6) is 0 Å². The Kier molecular flexibility index (Phi) is 5.35. The Bertz CT molecular complexity index is 943. The van der Waals surface area contributed by atoms with Crippen LogP contribution in [0.15, 0.2) is 30.3 Å². The third-order valence-electron chi connectivity index (χ3n) is 4.87. The lowest BCUT2D eigenvalue weighted by atomic mass is 10.1. The van der Waals surface area contributed by atoms with Gasteiger partial charge in [-0.25, -0.2) is 9.50 Å². The minimum absolute atomic E-state index is 0.0779. The molecule has 1 N–H and O–H groups in total. The third kappa shape index (κ3) is 3.93. The Morgan fingerprint density at radius 1 is 1.12 bits per heavy atom. The summed E-state index contributed by atoms with van der Waals surface area (Å²) in [5.41, 5.74) is 7.51. The number of rotatable bonds is 6. The van der Waals surface area contributed by atoms with Crippen LogP contribution in [0.3, 0.4) is 0 Å². The highest BCUT2D eigenvalue weighted by atomic mass is 16.1. The van der Waals surface area contributed by atoms with Gasteiger partial charge in [-0.15, -0.1) is 0 Å². The maximum absolute atomic E-state index is 12.2. The van der Waals surface area contributed by atoms with Crippen molar-refractivity contribution in [3.63, 3.8) is 0 Å². The minimum Gasteiger partial charge on any atom is -0.356 e. The lowest BCUT2D eigenvalue weighted by Crippen LogP contribution is -2.26. The first kappa shape index (κ1) is 18.1. The maximum Gasteiger partial charge on any atom is 0.220 e. The molecule has 0 aliphatic heterocycles. The molecule has 0 radical (unpaired) electrons. The zero-order chi connectivity index (χ0) is 18.7. The molecular weight excluding hydrogens is 324 g/mol. The van der Waals surface area contributed by atoms with Crippen LogP contribution in [-0.4, -0.2) is 27.0 Å². The molecule has 26 heavy (non-hydrogen) atoms. The fourth-order valence-corrected chi connectivity index (χ4v) is 3.36. The molecular formula is C21H26N4O. The summed E-state index contributed by atoms with van der Waals surface area (Å²) < 4.78 is 1.87. The molecule has 2 heterocycles. The van der Waals surface area contributed by atoms with E-state index in [2.05, 4.69) is 34.5 Å². The van der Waals surface area contributed by atoms with Crippen LogP contribution in [0.25, 0.3) is 5.65 Å². The number of benzene rings is 1. The molecule has 0 atom stereocenters. The van der Waals surface area contributed by atoms with Gasteiger partial charge in [0.25, 0.3) is 0 Å². The summed E-state index contributed by atoms with van der Waals surface area (Å²) in [5, 5.41) is 7.51. The van der Waals surface area contributed by atoms with Crippen molar-refractivity contribution in [2.24, 2.45) is 0 Å². The first-order chi connectivity index (χ1) is 12.5. The van der Waals surface area contributed by atoms with E-state index in [1.165, 1.54) is 11.1 Å². The van der Waals surface area contributed by atoms with Gasteiger partial charge in [-0.3, -0.25) is 4.79 Å². The second kappa shape index (κ2) is 7.68. The molecule has 0 aliphatic rings. The van der Waals surface area contributed by atoms with Gasteiger partial charge in [0.1, 0.15) is 0 Å². The normalized spacial score (nSPS) is 11.1. The molecule has 2 aromatic heterocycles. The Hall–Kier alpha value is -2.69. The van der Waals surface area contributed by atoms with Crippen LogP contribution in [0, 0.1) is 27.7 Å². The van der Waals surface area contributed by atoms with Gasteiger partial charge in [0.05, 0.1) is 5.69 Å². The van der Waals surface area contributed by atoms with Crippen molar-refractivity contribution in [3.05, 3.63) is 64.1 Å². The molecule has 0 saturated carbocycles. The average molecular weight is 350 g/mol. The number of nitrogens with zero attached hydrogens (tertiary/aromatic N) is 3. The number of amides is 1.